The average molecular weight is 553 g/mol. The molecular formula is C26H20INO5. The minimum atomic E-state index is -0.520. The van der Waals surface area contributed by atoms with Crippen molar-refractivity contribution in [3.05, 3.63) is 98.3 Å². The average Bonchev–Trinajstić information content (AvgIpc) is 3.18. The second kappa shape index (κ2) is 9.99. The van der Waals surface area contributed by atoms with Gasteiger partial charge in [-0.3, -0.25) is 4.79 Å². The highest BCUT2D eigenvalue weighted by Gasteiger charge is 2.24. The molecule has 0 atom stereocenters. The van der Waals surface area contributed by atoms with Crippen LogP contribution in [0.15, 0.2) is 77.4 Å². The maximum Gasteiger partial charge on any atom is 0.363 e. The van der Waals surface area contributed by atoms with Crippen molar-refractivity contribution < 1.29 is 23.8 Å². The first-order valence-corrected chi connectivity index (χ1v) is 11.2. The number of esters is 1. The van der Waals surface area contributed by atoms with Gasteiger partial charge in [0.25, 0.3) is 0 Å². The lowest BCUT2D eigenvalue weighted by molar-refractivity contribution is -0.129. The molecule has 0 saturated carbocycles. The smallest absolute Gasteiger partial charge is 0.363 e. The molecule has 0 saturated heterocycles. The lowest BCUT2D eigenvalue weighted by Gasteiger charge is -2.13. The van der Waals surface area contributed by atoms with E-state index in [4.69, 9.17) is 14.2 Å². The number of halogens is 1. The summed E-state index contributed by atoms with van der Waals surface area (Å²) in [7, 11) is 1.52. The molecule has 0 unspecified atom stereocenters. The summed E-state index contributed by atoms with van der Waals surface area (Å²) < 4.78 is 17.3. The summed E-state index contributed by atoms with van der Waals surface area (Å²) in [6.45, 7) is 1.87. The largest absolute Gasteiger partial charge is 0.493 e. The summed E-state index contributed by atoms with van der Waals surface area (Å²) in [5.74, 6) is 0.526. The molecule has 6 nitrogen and oxygen atoms in total. The predicted octanol–water partition coefficient (Wildman–Crippen LogP) is 5.21. The second-order valence-corrected chi connectivity index (χ2v) is 8.48. The molecule has 0 aliphatic carbocycles. The minimum absolute atomic E-state index is 0.118. The number of rotatable bonds is 7. The molecule has 0 amide bonds. The number of hydrogen-bond donors (Lipinski definition) is 0. The summed E-state index contributed by atoms with van der Waals surface area (Å²) in [4.78, 5) is 29.1. The lowest BCUT2D eigenvalue weighted by atomic mass is 10.1. The number of aryl methyl sites for hydroxylation is 1. The Balaban J connectivity index is 1.56. The highest BCUT2D eigenvalue weighted by molar-refractivity contribution is 14.1. The maximum atomic E-state index is 12.4. The van der Waals surface area contributed by atoms with E-state index in [2.05, 4.69) is 27.6 Å². The topological polar surface area (TPSA) is 74.2 Å². The van der Waals surface area contributed by atoms with Crippen molar-refractivity contribution in [2.24, 2.45) is 4.99 Å². The van der Waals surface area contributed by atoms with Crippen LogP contribution in [0, 0.1) is 10.5 Å². The van der Waals surface area contributed by atoms with Crippen molar-refractivity contribution in [3.8, 4) is 11.5 Å². The molecule has 4 rings (SSSR count). The van der Waals surface area contributed by atoms with Crippen LogP contribution in [0.5, 0.6) is 11.5 Å². The summed E-state index contributed by atoms with van der Waals surface area (Å²) in [6.07, 6.45) is 1.63. The van der Waals surface area contributed by atoms with Crippen molar-refractivity contribution in [2.75, 3.05) is 13.7 Å². The van der Waals surface area contributed by atoms with Crippen LogP contribution in [-0.4, -0.2) is 31.4 Å². The molecule has 0 N–H and O–H groups in total. The molecule has 0 radical (unpaired) electrons. The Bertz CT molecular complexity index is 1260. The number of nitrogens with zero attached hydrogens (tertiary/aromatic N) is 1. The zero-order valence-corrected chi connectivity index (χ0v) is 20.2. The van der Waals surface area contributed by atoms with Crippen molar-refractivity contribution in [3.63, 3.8) is 0 Å². The fraction of sp³-hybridized carbons (Fsp3) is 0.115. The van der Waals surface area contributed by atoms with E-state index in [-0.39, 0.29) is 24.0 Å². The van der Waals surface area contributed by atoms with Gasteiger partial charge in [-0.2, -0.15) is 0 Å². The maximum absolute atomic E-state index is 12.4. The molecule has 1 heterocycles. The summed E-state index contributed by atoms with van der Waals surface area (Å²) in [5.41, 5.74) is 3.30. The SMILES string of the molecule is COc1cc(/C=C2\N=C(c3ccc(C)cc3)OC2=O)cc(I)c1OCC(=O)c1ccccc1. The Hall–Kier alpha value is -3.46. The van der Waals surface area contributed by atoms with Crippen LogP contribution in [-0.2, 0) is 9.53 Å². The summed E-state index contributed by atoms with van der Waals surface area (Å²) >= 11 is 2.11. The van der Waals surface area contributed by atoms with Crippen molar-refractivity contribution in [1.29, 1.82) is 0 Å². The van der Waals surface area contributed by atoms with Gasteiger partial charge < -0.3 is 14.2 Å². The van der Waals surface area contributed by atoms with Gasteiger partial charge in [0.15, 0.2) is 29.6 Å². The normalized spacial score (nSPS) is 14.1. The van der Waals surface area contributed by atoms with Gasteiger partial charge in [0, 0.05) is 11.1 Å². The van der Waals surface area contributed by atoms with E-state index in [1.54, 1.807) is 36.4 Å². The number of aliphatic imine (C=N–C) groups is 1. The molecule has 1 aliphatic rings. The van der Waals surface area contributed by atoms with Crippen LogP contribution >= 0.6 is 22.6 Å². The number of hydrogen-bond acceptors (Lipinski definition) is 6. The molecule has 3 aromatic carbocycles. The monoisotopic (exact) mass is 553 g/mol. The van der Waals surface area contributed by atoms with Crippen LogP contribution in [0.25, 0.3) is 6.08 Å². The predicted molar refractivity (Wildman–Crippen MR) is 134 cm³/mol. The molecule has 166 valence electrons. The van der Waals surface area contributed by atoms with Gasteiger partial charge >= 0.3 is 5.97 Å². The standard InChI is InChI=1S/C26H20INO5/c1-16-8-10-19(11-9-16)25-28-21(26(30)33-25)13-17-12-20(27)24(23(14-17)31-2)32-15-22(29)18-6-4-3-5-7-18/h3-14H,15H2,1-2H3/b21-13-. The number of ketones is 1. The third-order valence-electron chi connectivity index (χ3n) is 4.92. The van der Waals surface area contributed by atoms with Gasteiger partial charge in [-0.1, -0.05) is 48.0 Å². The fourth-order valence-corrected chi connectivity index (χ4v) is 3.98. The van der Waals surface area contributed by atoms with E-state index >= 15 is 0 Å². The Kier molecular flexibility index (Phi) is 6.88. The van der Waals surface area contributed by atoms with E-state index in [0.717, 1.165) is 14.7 Å². The molecule has 0 aromatic heterocycles. The first-order chi connectivity index (χ1) is 15.9. The van der Waals surface area contributed by atoms with Crippen LogP contribution in [0.3, 0.4) is 0 Å². The highest BCUT2D eigenvalue weighted by Crippen LogP contribution is 2.35. The van der Waals surface area contributed by atoms with E-state index in [1.165, 1.54) is 7.11 Å². The summed E-state index contributed by atoms with van der Waals surface area (Å²) in [5, 5.41) is 0. The van der Waals surface area contributed by atoms with Gasteiger partial charge in [0.05, 0.1) is 10.7 Å². The Morgan fingerprint density at radius 3 is 2.52 bits per heavy atom. The van der Waals surface area contributed by atoms with Gasteiger partial charge in [-0.15, -0.1) is 0 Å². The third kappa shape index (κ3) is 5.31. The Morgan fingerprint density at radius 2 is 1.82 bits per heavy atom. The van der Waals surface area contributed by atoms with Crippen LogP contribution < -0.4 is 9.47 Å². The molecule has 0 fully saturated rings. The number of ether oxygens (including phenoxy) is 3. The molecule has 7 heteroatoms. The van der Waals surface area contributed by atoms with Crippen LogP contribution in [0.4, 0.5) is 0 Å². The number of cyclic esters (lactones) is 1. The lowest BCUT2D eigenvalue weighted by Crippen LogP contribution is -2.12. The first kappa shape index (κ1) is 22.7. The molecule has 33 heavy (non-hydrogen) atoms. The quantitative estimate of drug-likeness (QED) is 0.174. The molecular weight excluding hydrogens is 533 g/mol. The van der Waals surface area contributed by atoms with E-state index in [0.29, 0.717) is 22.6 Å². The van der Waals surface area contributed by atoms with Gasteiger partial charge in [0.1, 0.15) is 0 Å². The third-order valence-corrected chi connectivity index (χ3v) is 5.72. The number of benzene rings is 3. The highest BCUT2D eigenvalue weighted by atomic mass is 127. The molecule has 3 aromatic rings. The molecule has 0 spiro atoms. The van der Waals surface area contributed by atoms with Crippen molar-refractivity contribution in [1.82, 2.24) is 0 Å². The molecule has 0 bridgehead atoms. The number of carbonyl (C=O) groups is 2. The second-order valence-electron chi connectivity index (χ2n) is 7.31. The Morgan fingerprint density at radius 1 is 1.09 bits per heavy atom. The van der Waals surface area contributed by atoms with Gasteiger partial charge in [-0.25, -0.2) is 9.79 Å². The first-order valence-electron chi connectivity index (χ1n) is 10.1. The zero-order valence-electron chi connectivity index (χ0n) is 18.0. The van der Waals surface area contributed by atoms with Gasteiger partial charge in [0.2, 0.25) is 5.90 Å². The fourth-order valence-electron chi connectivity index (χ4n) is 3.19. The van der Waals surface area contributed by atoms with Crippen molar-refractivity contribution >= 4 is 46.3 Å². The van der Waals surface area contributed by atoms with Gasteiger partial charge in [-0.05, 0) is 65.4 Å². The number of Topliss-reactive ketones (excluding diaryl/α,β-unsaturated/α-hetero) is 1. The molecule has 1 aliphatic heterocycles. The summed E-state index contributed by atoms with van der Waals surface area (Å²) in [6, 6.07) is 20.1. The Labute approximate surface area is 205 Å². The zero-order chi connectivity index (χ0) is 23.4. The van der Waals surface area contributed by atoms with Crippen LogP contribution in [0.2, 0.25) is 0 Å². The number of methoxy groups -OCH3 is 1. The number of carbonyl (C=O) groups excluding carboxylic acids is 2. The van der Waals surface area contributed by atoms with Crippen molar-refractivity contribution in [2.45, 2.75) is 6.92 Å². The van der Waals surface area contributed by atoms with E-state index in [9.17, 15) is 9.59 Å². The minimum Gasteiger partial charge on any atom is -0.493 e. The van der Waals surface area contributed by atoms with E-state index < -0.39 is 5.97 Å². The van der Waals surface area contributed by atoms with E-state index in [1.807, 2.05) is 43.3 Å². The van der Waals surface area contributed by atoms with Crippen LogP contribution in [0.1, 0.15) is 27.0 Å².